The Morgan fingerprint density at radius 1 is 1.00 bits per heavy atom. The maximum Gasteiger partial charge on any atom is 0.242 e. The molecule has 6 nitrogen and oxygen atoms in total. The number of benzene rings is 2. The number of morpholine rings is 1. The molecule has 3 rings (SSSR count). The predicted molar refractivity (Wildman–Crippen MR) is 115 cm³/mol. The minimum atomic E-state index is -0.144. The number of ether oxygens (including phenoxy) is 1. The molecule has 0 atom stereocenters. The smallest absolute Gasteiger partial charge is 0.242 e. The number of rotatable bonds is 7. The zero-order valence-corrected chi connectivity index (χ0v) is 17.2. The molecule has 2 amide bonds. The van der Waals surface area contributed by atoms with E-state index in [1.54, 1.807) is 9.80 Å². The van der Waals surface area contributed by atoms with E-state index in [0.717, 1.165) is 30.0 Å². The molecule has 1 heterocycles. The lowest BCUT2D eigenvalue weighted by Crippen LogP contribution is -2.43. The van der Waals surface area contributed by atoms with Crippen LogP contribution in [-0.4, -0.2) is 56.1 Å². The van der Waals surface area contributed by atoms with Crippen molar-refractivity contribution in [1.29, 1.82) is 0 Å². The SMILES string of the molecule is CCN(Cc1ccccc1)C(=O)CN(C(C)=O)c1ccccc1N1CCOCC1. The summed E-state index contributed by atoms with van der Waals surface area (Å²) < 4.78 is 5.45. The number of carbonyl (C=O) groups is 2. The van der Waals surface area contributed by atoms with Crippen LogP contribution in [0, 0.1) is 0 Å². The molecular weight excluding hydrogens is 366 g/mol. The van der Waals surface area contributed by atoms with Crippen LogP contribution < -0.4 is 9.80 Å². The normalized spacial score (nSPS) is 13.8. The third kappa shape index (κ3) is 5.35. The van der Waals surface area contributed by atoms with E-state index in [-0.39, 0.29) is 18.4 Å². The highest BCUT2D eigenvalue weighted by Crippen LogP contribution is 2.30. The van der Waals surface area contributed by atoms with Crippen molar-refractivity contribution in [1.82, 2.24) is 4.90 Å². The van der Waals surface area contributed by atoms with Gasteiger partial charge >= 0.3 is 0 Å². The summed E-state index contributed by atoms with van der Waals surface area (Å²) in [5.41, 5.74) is 2.81. The van der Waals surface area contributed by atoms with Gasteiger partial charge in [-0.2, -0.15) is 0 Å². The number of para-hydroxylation sites is 2. The highest BCUT2D eigenvalue weighted by atomic mass is 16.5. The average molecular weight is 396 g/mol. The minimum Gasteiger partial charge on any atom is -0.378 e. The lowest BCUT2D eigenvalue weighted by atomic mass is 10.2. The molecule has 0 aliphatic carbocycles. The maximum absolute atomic E-state index is 13.1. The van der Waals surface area contributed by atoms with E-state index < -0.39 is 0 Å². The lowest BCUT2D eigenvalue weighted by molar-refractivity contribution is -0.131. The fourth-order valence-electron chi connectivity index (χ4n) is 3.55. The van der Waals surface area contributed by atoms with E-state index in [0.29, 0.717) is 26.3 Å². The fraction of sp³-hybridized carbons (Fsp3) is 0.391. The van der Waals surface area contributed by atoms with E-state index in [2.05, 4.69) is 4.90 Å². The molecular formula is C23H29N3O3. The molecule has 6 heteroatoms. The summed E-state index contributed by atoms with van der Waals surface area (Å²) in [6.07, 6.45) is 0. The molecule has 0 saturated carbocycles. The molecule has 0 N–H and O–H groups in total. The largest absolute Gasteiger partial charge is 0.378 e. The van der Waals surface area contributed by atoms with Crippen molar-refractivity contribution in [2.45, 2.75) is 20.4 Å². The van der Waals surface area contributed by atoms with Gasteiger partial charge in [-0.3, -0.25) is 9.59 Å². The van der Waals surface area contributed by atoms with Crippen LogP contribution in [0.3, 0.4) is 0 Å². The second-order valence-electron chi connectivity index (χ2n) is 7.09. The van der Waals surface area contributed by atoms with E-state index in [1.807, 2.05) is 61.5 Å². The van der Waals surface area contributed by atoms with Crippen molar-refractivity contribution < 1.29 is 14.3 Å². The Bertz CT molecular complexity index is 819. The van der Waals surface area contributed by atoms with Gasteiger partial charge in [0.1, 0.15) is 6.54 Å². The highest BCUT2D eigenvalue weighted by Gasteiger charge is 2.24. The van der Waals surface area contributed by atoms with E-state index >= 15 is 0 Å². The quantitative estimate of drug-likeness (QED) is 0.723. The van der Waals surface area contributed by atoms with Crippen molar-refractivity contribution >= 4 is 23.2 Å². The van der Waals surface area contributed by atoms with Crippen LogP contribution in [0.5, 0.6) is 0 Å². The Balaban J connectivity index is 1.79. The minimum absolute atomic E-state index is 0.0252. The topological polar surface area (TPSA) is 53.1 Å². The van der Waals surface area contributed by atoms with Crippen LogP contribution in [0.25, 0.3) is 0 Å². The number of anilines is 2. The first-order chi connectivity index (χ1) is 14.1. The van der Waals surface area contributed by atoms with Crippen LogP contribution in [0.2, 0.25) is 0 Å². The maximum atomic E-state index is 13.1. The van der Waals surface area contributed by atoms with E-state index in [1.165, 1.54) is 6.92 Å². The number of carbonyl (C=O) groups excluding carboxylic acids is 2. The Morgan fingerprint density at radius 2 is 1.66 bits per heavy atom. The first-order valence-electron chi connectivity index (χ1n) is 10.1. The van der Waals surface area contributed by atoms with Gasteiger partial charge in [-0.15, -0.1) is 0 Å². The summed E-state index contributed by atoms with van der Waals surface area (Å²) in [5, 5.41) is 0. The van der Waals surface area contributed by atoms with Gasteiger partial charge < -0.3 is 19.4 Å². The second-order valence-corrected chi connectivity index (χ2v) is 7.09. The summed E-state index contributed by atoms with van der Waals surface area (Å²) >= 11 is 0. The van der Waals surface area contributed by atoms with E-state index in [9.17, 15) is 9.59 Å². The predicted octanol–water partition coefficient (Wildman–Crippen LogP) is 2.92. The number of amides is 2. The molecule has 1 saturated heterocycles. The number of nitrogens with zero attached hydrogens (tertiary/aromatic N) is 3. The molecule has 1 aliphatic rings. The Morgan fingerprint density at radius 3 is 2.31 bits per heavy atom. The molecule has 0 aromatic heterocycles. The van der Waals surface area contributed by atoms with Gasteiger partial charge in [0, 0.05) is 33.1 Å². The Hall–Kier alpha value is -2.86. The third-order valence-corrected chi connectivity index (χ3v) is 5.15. The summed E-state index contributed by atoms with van der Waals surface area (Å²) in [6, 6.07) is 17.7. The van der Waals surface area contributed by atoms with Crippen molar-refractivity contribution in [2.24, 2.45) is 0 Å². The number of hydrogen-bond acceptors (Lipinski definition) is 4. The molecule has 0 spiro atoms. The first kappa shape index (κ1) is 20.9. The van der Waals surface area contributed by atoms with Crippen molar-refractivity contribution in [3.8, 4) is 0 Å². The van der Waals surface area contributed by atoms with Crippen LogP contribution >= 0.6 is 0 Å². The van der Waals surface area contributed by atoms with Crippen LogP contribution in [0.4, 0.5) is 11.4 Å². The lowest BCUT2D eigenvalue weighted by Gasteiger charge is -2.33. The van der Waals surface area contributed by atoms with Crippen molar-refractivity contribution in [2.75, 3.05) is 49.2 Å². The first-order valence-corrected chi connectivity index (χ1v) is 10.1. The summed E-state index contributed by atoms with van der Waals surface area (Å²) in [7, 11) is 0. The third-order valence-electron chi connectivity index (χ3n) is 5.15. The summed E-state index contributed by atoms with van der Waals surface area (Å²) in [4.78, 5) is 31.1. The van der Waals surface area contributed by atoms with Crippen LogP contribution in [0.15, 0.2) is 54.6 Å². The molecule has 0 unspecified atom stereocenters. The molecule has 0 radical (unpaired) electrons. The van der Waals surface area contributed by atoms with Gasteiger partial charge in [0.05, 0.1) is 24.6 Å². The zero-order chi connectivity index (χ0) is 20.6. The number of hydrogen-bond donors (Lipinski definition) is 0. The van der Waals surface area contributed by atoms with Gasteiger partial charge in [-0.05, 0) is 24.6 Å². The summed E-state index contributed by atoms with van der Waals surface area (Å²) in [5.74, 6) is -0.210. The Labute approximate surface area is 172 Å². The van der Waals surface area contributed by atoms with Gasteiger partial charge in [0.15, 0.2) is 0 Å². The zero-order valence-electron chi connectivity index (χ0n) is 17.2. The molecule has 2 aromatic rings. The molecule has 0 bridgehead atoms. The van der Waals surface area contributed by atoms with E-state index in [4.69, 9.17) is 4.74 Å². The van der Waals surface area contributed by atoms with Gasteiger partial charge in [0.25, 0.3) is 0 Å². The average Bonchev–Trinajstić information content (AvgIpc) is 2.77. The molecule has 1 fully saturated rings. The van der Waals surface area contributed by atoms with Gasteiger partial charge in [0.2, 0.25) is 11.8 Å². The monoisotopic (exact) mass is 395 g/mol. The van der Waals surface area contributed by atoms with Gasteiger partial charge in [-0.1, -0.05) is 42.5 Å². The Kier molecular flexibility index (Phi) is 7.25. The fourth-order valence-corrected chi connectivity index (χ4v) is 3.55. The van der Waals surface area contributed by atoms with Gasteiger partial charge in [-0.25, -0.2) is 0 Å². The molecule has 1 aliphatic heterocycles. The van der Waals surface area contributed by atoms with Crippen LogP contribution in [0.1, 0.15) is 19.4 Å². The molecule has 29 heavy (non-hydrogen) atoms. The standard InChI is InChI=1S/C23H29N3O3/c1-3-24(17-20-9-5-4-6-10-20)23(28)18-26(19(2)27)22-12-8-7-11-21(22)25-13-15-29-16-14-25/h4-12H,3,13-18H2,1-2H3. The van der Waals surface area contributed by atoms with Crippen molar-refractivity contribution in [3.63, 3.8) is 0 Å². The van der Waals surface area contributed by atoms with Crippen LogP contribution in [-0.2, 0) is 20.9 Å². The molecule has 2 aromatic carbocycles. The van der Waals surface area contributed by atoms with Crippen molar-refractivity contribution in [3.05, 3.63) is 60.2 Å². The highest BCUT2D eigenvalue weighted by molar-refractivity contribution is 6.00. The second kappa shape index (κ2) is 10.1. The number of likely N-dealkylation sites (N-methyl/N-ethyl adjacent to an activating group) is 1. The molecule has 154 valence electrons. The summed E-state index contributed by atoms with van der Waals surface area (Å²) in [6.45, 7) is 7.48.